The van der Waals surface area contributed by atoms with Crippen LogP contribution in [0.1, 0.15) is 5.56 Å². The van der Waals surface area contributed by atoms with E-state index >= 15 is 0 Å². The fraction of sp³-hybridized carbons (Fsp3) is 0.222. The molecule has 0 radical (unpaired) electrons. The molecule has 1 aromatic heterocycles. The summed E-state index contributed by atoms with van der Waals surface area (Å²) in [6.45, 7) is 2.31. The lowest BCUT2D eigenvalue weighted by Crippen LogP contribution is -2.31. The molecule has 0 amide bonds. The van der Waals surface area contributed by atoms with Crippen molar-refractivity contribution in [2.24, 2.45) is 0 Å². The number of rotatable bonds is 6. The first-order valence-electron chi connectivity index (χ1n) is 8.19. The van der Waals surface area contributed by atoms with Crippen molar-refractivity contribution >= 4 is 21.1 Å². The van der Waals surface area contributed by atoms with Gasteiger partial charge < -0.3 is 14.7 Å². The number of aryl methyl sites for hydroxylation is 1. The predicted octanol–water partition coefficient (Wildman–Crippen LogP) is 1.22. The molecular weight excluding hydrogens is 370 g/mol. The third-order valence-corrected chi connectivity index (χ3v) is 5.95. The molecule has 0 saturated heterocycles. The van der Waals surface area contributed by atoms with Crippen LogP contribution in [0.25, 0.3) is 11.0 Å². The third-order valence-electron chi connectivity index (χ3n) is 4.10. The zero-order valence-electron chi connectivity index (χ0n) is 14.9. The second-order valence-electron chi connectivity index (χ2n) is 6.10. The molecule has 2 aromatic carbocycles. The van der Waals surface area contributed by atoms with E-state index in [0.717, 1.165) is 5.56 Å². The normalized spacial score (nSPS) is 11.8. The summed E-state index contributed by atoms with van der Waals surface area (Å²) >= 11 is 0. The molecular formula is C18H19N3O5S. The molecule has 142 valence electrons. The molecule has 0 bridgehead atoms. The van der Waals surface area contributed by atoms with E-state index in [1.807, 2.05) is 31.2 Å². The van der Waals surface area contributed by atoms with Crippen molar-refractivity contribution < 1.29 is 13.2 Å². The van der Waals surface area contributed by atoms with E-state index < -0.39 is 21.1 Å². The zero-order chi connectivity index (χ0) is 19.6. The minimum atomic E-state index is -3.78. The van der Waals surface area contributed by atoms with Crippen LogP contribution in [-0.2, 0) is 10.0 Å². The number of nitrogens with one attached hydrogen (secondary N) is 2. The van der Waals surface area contributed by atoms with Gasteiger partial charge in [0.1, 0.15) is 12.4 Å². The lowest BCUT2D eigenvalue weighted by Gasteiger charge is -2.18. The van der Waals surface area contributed by atoms with Crippen molar-refractivity contribution in [1.29, 1.82) is 0 Å². The monoisotopic (exact) mass is 389 g/mol. The highest BCUT2D eigenvalue weighted by Crippen LogP contribution is 2.18. The summed E-state index contributed by atoms with van der Waals surface area (Å²) < 4.78 is 32.2. The molecule has 0 fully saturated rings. The number of sulfonamides is 1. The van der Waals surface area contributed by atoms with Gasteiger partial charge in [-0.25, -0.2) is 8.42 Å². The van der Waals surface area contributed by atoms with Crippen LogP contribution in [-0.4, -0.2) is 42.9 Å². The molecule has 0 saturated carbocycles. The second-order valence-corrected chi connectivity index (χ2v) is 8.15. The van der Waals surface area contributed by atoms with Gasteiger partial charge in [0.25, 0.3) is 0 Å². The van der Waals surface area contributed by atoms with E-state index in [2.05, 4.69) is 9.97 Å². The number of likely N-dealkylation sites (N-methyl/N-ethyl adjacent to an activating group) is 1. The fourth-order valence-corrected chi connectivity index (χ4v) is 3.66. The van der Waals surface area contributed by atoms with Crippen molar-refractivity contribution in [1.82, 2.24) is 14.3 Å². The Bertz CT molecular complexity index is 1180. The molecule has 3 aromatic rings. The van der Waals surface area contributed by atoms with E-state index in [-0.39, 0.29) is 23.6 Å². The predicted molar refractivity (Wildman–Crippen MR) is 102 cm³/mol. The molecule has 3 rings (SSSR count). The zero-order valence-corrected chi connectivity index (χ0v) is 15.7. The summed E-state index contributed by atoms with van der Waals surface area (Å²) in [7, 11) is -2.32. The quantitative estimate of drug-likeness (QED) is 0.616. The van der Waals surface area contributed by atoms with Gasteiger partial charge in [0.2, 0.25) is 10.0 Å². The molecule has 8 nitrogen and oxygen atoms in total. The van der Waals surface area contributed by atoms with Crippen LogP contribution in [0.2, 0.25) is 0 Å². The minimum Gasteiger partial charge on any atom is -0.492 e. The van der Waals surface area contributed by atoms with E-state index in [1.54, 1.807) is 0 Å². The number of nitrogens with zero attached hydrogens (tertiary/aromatic N) is 1. The van der Waals surface area contributed by atoms with Crippen LogP contribution >= 0.6 is 0 Å². The average molecular weight is 389 g/mol. The average Bonchev–Trinajstić information content (AvgIpc) is 2.63. The summed E-state index contributed by atoms with van der Waals surface area (Å²) in [5, 5.41) is 0. The fourth-order valence-electron chi connectivity index (χ4n) is 2.48. The third kappa shape index (κ3) is 4.09. The standard InChI is InChI=1S/C18H19N3O5S/c1-12-3-5-13(6-4-12)26-10-9-21(2)27(24,25)14-7-8-15-16(11-14)20-18(23)17(22)19-15/h3-8,11H,9-10H2,1-2H3,(H,19,22)(H,20,23). The summed E-state index contributed by atoms with van der Waals surface area (Å²) in [5.74, 6) is 0.665. The lowest BCUT2D eigenvalue weighted by atomic mass is 10.2. The molecule has 0 aliphatic rings. The highest BCUT2D eigenvalue weighted by atomic mass is 32.2. The van der Waals surface area contributed by atoms with Gasteiger partial charge in [-0.2, -0.15) is 4.31 Å². The minimum absolute atomic E-state index is 0.00975. The number of H-pyrrole nitrogens is 2. The van der Waals surface area contributed by atoms with Crippen molar-refractivity contribution in [3.8, 4) is 5.75 Å². The number of aromatic nitrogens is 2. The molecule has 2 N–H and O–H groups in total. The van der Waals surface area contributed by atoms with E-state index in [0.29, 0.717) is 11.3 Å². The number of hydrogen-bond acceptors (Lipinski definition) is 5. The molecule has 27 heavy (non-hydrogen) atoms. The summed E-state index contributed by atoms with van der Waals surface area (Å²) in [6.07, 6.45) is 0. The highest BCUT2D eigenvalue weighted by molar-refractivity contribution is 7.89. The van der Waals surface area contributed by atoms with E-state index in [1.165, 1.54) is 29.6 Å². The Morgan fingerprint density at radius 3 is 2.26 bits per heavy atom. The Hall–Kier alpha value is -2.91. The van der Waals surface area contributed by atoms with Gasteiger partial charge >= 0.3 is 11.1 Å². The molecule has 0 atom stereocenters. The maximum atomic E-state index is 12.7. The Labute approximate surface area is 155 Å². The number of fused-ring (bicyclic) bond motifs is 1. The molecule has 0 unspecified atom stereocenters. The van der Waals surface area contributed by atoms with E-state index in [4.69, 9.17) is 4.74 Å². The Morgan fingerprint density at radius 1 is 0.963 bits per heavy atom. The van der Waals surface area contributed by atoms with Gasteiger partial charge in [0.15, 0.2) is 0 Å². The van der Waals surface area contributed by atoms with Gasteiger partial charge in [-0.1, -0.05) is 17.7 Å². The summed E-state index contributed by atoms with van der Waals surface area (Å²) in [6, 6.07) is 11.6. The SMILES string of the molecule is Cc1ccc(OCCN(C)S(=O)(=O)c2ccc3[nH]c(=O)c(=O)[nH]c3c2)cc1. The lowest BCUT2D eigenvalue weighted by molar-refractivity contribution is 0.287. The van der Waals surface area contributed by atoms with Gasteiger partial charge in [-0.3, -0.25) is 9.59 Å². The van der Waals surface area contributed by atoms with Crippen molar-refractivity contribution in [2.45, 2.75) is 11.8 Å². The van der Waals surface area contributed by atoms with Crippen LogP contribution in [0.3, 0.4) is 0 Å². The molecule has 0 aliphatic carbocycles. The van der Waals surface area contributed by atoms with Crippen molar-refractivity contribution in [3.05, 3.63) is 68.7 Å². The Kier molecular flexibility index (Phi) is 5.15. The smallest absolute Gasteiger partial charge is 0.314 e. The largest absolute Gasteiger partial charge is 0.492 e. The first kappa shape index (κ1) is 18.9. The number of benzene rings is 2. The van der Waals surface area contributed by atoms with Gasteiger partial charge in [0.05, 0.1) is 15.9 Å². The van der Waals surface area contributed by atoms with Crippen LogP contribution in [0.15, 0.2) is 56.9 Å². The summed E-state index contributed by atoms with van der Waals surface area (Å²) in [5.41, 5.74) is 0.0759. The number of aromatic amines is 2. The highest BCUT2D eigenvalue weighted by Gasteiger charge is 2.21. The van der Waals surface area contributed by atoms with Crippen LogP contribution < -0.4 is 15.9 Å². The number of hydrogen-bond donors (Lipinski definition) is 2. The Balaban J connectivity index is 1.75. The first-order chi connectivity index (χ1) is 12.8. The topological polar surface area (TPSA) is 112 Å². The molecule has 1 heterocycles. The van der Waals surface area contributed by atoms with Crippen molar-refractivity contribution in [3.63, 3.8) is 0 Å². The van der Waals surface area contributed by atoms with Crippen LogP contribution in [0.4, 0.5) is 0 Å². The van der Waals surface area contributed by atoms with Crippen molar-refractivity contribution in [2.75, 3.05) is 20.2 Å². The maximum absolute atomic E-state index is 12.7. The molecule has 9 heteroatoms. The second kappa shape index (κ2) is 7.37. The molecule has 0 aliphatic heterocycles. The summed E-state index contributed by atoms with van der Waals surface area (Å²) in [4.78, 5) is 27.6. The van der Waals surface area contributed by atoms with Gasteiger partial charge in [-0.15, -0.1) is 0 Å². The number of ether oxygens (including phenoxy) is 1. The maximum Gasteiger partial charge on any atom is 0.314 e. The van der Waals surface area contributed by atoms with E-state index in [9.17, 15) is 18.0 Å². The first-order valence-corrected chi connectivity index (χ1v) is 9.63. The van der Waals surface area contributed by atoms with Gasteiger partial charge in [0, 0.05) is 13.6 Å². The van der Waals surface area contributed by atoms with Crippen LogP contribution in [0.5, 0.6) is 5.75 Å². The molecule has 0 spiro atoms. The Morgan fingerprint density at radius 2 is 1.59 bits per heavy atom. The van der Waals surface area contributed by atoms with Crippen LogP contribution in [0, 0.1) is 6.92 Å². The van der Waals surface area contributed by atoms with Gasteiger partial charge in [-0.05, 0) is 37.3 Å².